The number of nitrogens with zero attached hydrogens (tertiary/aromatic N) is 4. The van der Waals surface area contributed by atoms with Crippen molar-refractivity contribution >= 4 is 23.4 Å². The topological polar surface area (TPSA) is 96.8 Å². The minimum absolute atomic E-state index is 0.0252. The van der Waals surface area contributed by atoms with Crippen molar-refractivity contribution < 1.29 is 18.0 Å². The third kappa shape index (κ3) is 3.55. The van der Waals surface area contributed by atoms with Crippen LogP contribution in [0.1, 0.15) is 25.1 Å². The van der Waals surface area contributed by atoms with Crippen LogP contribution >= 0.6 is 0 Å². The van der Waals surface area contributed by atoms with E-state index >= 15 is 0 Å². The summed E-state index contributed by atoms with van der Waals surface area (Å²) in [6.07, 6.45) is -2.40. The molecule has 0 spiro atoms. The van der Waals surface area contributed by atoms with Gasteiger partial charge in [0, 0.05) is 20.3 Å². The van der Waals surface area contributed by atoms with E-state index in [1.807, 2.05) is 0 Å². The number of rotatable bonds is 5. The molecule has 0 radical (unpaired) electrons. The van der Waals surface area contributed by atoms with Gasteiger partial charge in [-0.3, -0.25) is 9.48 Å². The number of anilines is 3. The molecule has 2 rings (SSSR count). The van der Waals surface area contributed by atoms with Gasteiger partial charge in [0.25, 0.3) is 0 Å². The van der Waals surface area contributed by atoms with Crippen molar-refractivity contribution in [3.63, 3.8) is 0 Å². The second kappa shape index (κ2) is 6.81. The number of carbonyl (C=O) groups excluding carboxylic acids is 1. The Morgan fingerprint density at radius 2 is 1.85 bits per heavy atom. The van der Waals surface area contributed by atoms with Gasteiger partial charge in [-0.05, 0) is 20.8 Å². The molecule has 11 heteroatoms. The van der Waals surface area contributed by atoms with E-state index in [0.717, 1.165) is 0 Å². The van der Waals surface area contributed by atoms with Gasteiger partial charge >= 0.3 is 6.18 Å². The average Bonchev–Trinajstić information content (AvgIpc) is 2.94. The monoisotopic (exact) mass is 371 g/mol. The Labute approximate surface area is 148 Å². The Morgan fingerprint density at radius 1 is 1.19 bits per heavy atom. The first kappa shape index (κ1) is 19.5. The molecule has 0 saturated heterocycles. The van der Waals surface area contributed by atoms with E-state index < -0.39 is 17.3 Å². The number of amides is 1. The number of likely N-dealkylation sites (N-methyl/N-ethyl adjacent to an activating group) is 1. The molecule has 0 atom stereocenters. The molecule has 1 amide bonds. The first-order valence-corrected chi connectivity index (χ1v) is 7.68. The molecule has 2 aromatic heterocycles. The average molecular weight is 371 g/mol. The van der Waals surface area contributed by atoms with Crippen LogP contribution in [0.3, 0.4) is 0 Å². The Hall–Kier alpha value is -2.85. The lowest BCUT2D eigenvalue weighted by Crippen LogP contribution is -2.44. The van der Waals surface area contributed by atoms with Crippen LogP contribution < -0.4 is 16.0 Å². The fourth-order valence-electron chi connectivity index (χ4n) is 2.46. The third-order valence-corrected chi connectivity index (χ3v) is 3.90. The number of hydrogen-bond acceptors (Lipinski definition) is 6. The summed E-state index contributed by atoms with van der Waals surface area (Å²) in [4.78, 5) is 19.6. The van der Waals surface area contributed by atoms with Crippen LogP contribution in [0.2, 0.25) is 0 Å². The van der Waals surface area contributed by atoms with E-state index in [1.165, 1.54) is 25.0 Å². The quantitative estimate of drug-likeness (QED) is 0.746. The fraction of sp³-hybridized carbons (Fsp3) is 0.467. The van der Waals surface area contributed by atoms with Crippen molar-refractivity contribution in [1.82, 2.24) is 25.1 Å². The van der Waals surface area contributed by atoms with Gasteiger partial charge < -0.3 is 16.0 Å². The van der Waals surface area contributed by atoms with Gasteiger partial charge in [-0.15, -0.1) is 0 Å². The van der Waals surface area contributed by atoms with Crippen LogP contribution in [-0.2, 0) is 16.5 Å². The van der Waals surface area contributed by atoms with Crippen LogP contribution in [-0.4, -0.2) is 39.8 Å². The highest BCUT2D eigenvalue weighted by molar-refractivity contribution is 5.83. The van der Waals surface area contributed by atoms with E-state index in [0.29, 0.717) is 17.6 Å². The van der Waals surface area contributed by atoms with Crippen molar-refractivity contribution in [2.75, 3.05) is 24.7 Å². The molecule has 8 nitrogen and oxygen atoms in total. The van der Waals surface area contributed by atoms with Crippen LogP contribution in [0.15, 0.2) is 12.4 Å². The summed E-state index contributed by atoms with van der Waals surface area (Å²) in [6, 6.07) is 0. The van der Waals surface area contributed by atoms with Crippen LogP contribution in [0.4, 0.5) is 30.6 Å². The lowest BCUT2D eigenvalue weighted by atomic mass is 10.0. The summed E-state index contributed by atoms with van der Waals surface area (Å²) >= 11 is 0. The molecule has 0 aliphatic heterocycles. The first-order chi connectivity index (χ1) is 12.0. The molecular formula is C15H20F3N7O. The van der Waals surface area contributed by atoms with E-state index in [1.54, 1.807) is 20.8 Å². The second-order valence-electron chi connectivity index (χ2n) is 6.02. The molecule has 0 unspecified atom stereocenters. The summed E-state index contributed by atoms with van der Waals surface area (Å²) in [6.45, 7) is 5.12. The van der Waals surface area contributed by atoms with E-state index in [4.69, 9.17) is 0 Å². The Kier molecular flexibility index (Phi) is 5.10. The largest absolute Gasteiger partial charge is 0.421 e. The predicted octanol–water partition coefficient (Wildman–Crippen LogP) is 2.27. The fourth-order valence-corrected chi connectivity index (χ4v) is 2.46. The second-order valence-corrected chi connectivity index (χ2v) is 6.02. The minimum atomic E-state index is -4.56. The number of nitrogens with one attached hydrogen (secondary N) is 3. The summed E-state index contributed by atoms with van der Waals surface area (Å²) in [5, 5.41) is 12.0. The molecule has 2 heterocycles. The van der Waals surface area contributed by atoms with Gasteiger partial charge in [0.2, 0.25) is 11.9 Å². The van der Waals surface area contributed by atoms with Crippen LogP contribution in [0.5, 0.6) is 0 Å². The van der Waals surface area contributed by atoms with Gasteiger partial charge in [-0.1, -0.05) is 0 Å². The Balaban J connectivity index is 2.35. The normalized spacial score (nSPS) is 12.0. The lowest BCUT2D eigenvalue weighted by Gasteiger charge is -2.25. The number of alkyl halides is 3. The zero-order chi connectivity index (χ0) is 19.7. The van der Waals surface area contributed by atoms with Gasteiger partial charge in [0.05, 0.1) is 17.6 Å². The van der Waals surface area contributed by atoms with Crippen LogP contribution in [0, 0.1) is 6.92 Å². The lowest BCUT2D eigenvalue weighted by molar-refractivity contribution is -0.137. The molecule has 0 bridgehead atoms. The smallest absolute Gasteiger partial charge is 0.372 e. The maximum atomic E-state index is 12.9. The molecule has 26 heavy (non-hydrogen) atoms. The SMILES string of the molecule is CNC(=O)C(C)(C)n1ncc(Nc2ncc(C(F)(F)F)c(NC)n2)c1C. The zero-order valence-electron chi connectivity index (χ0n) is 15.0. The molecule has 3 N–H and O–H groups in total. The molecule has 142 valence electrons. The molecular weight excluding hydrogens is 351 g/mol. The van der Waals surface area contributed by atoms with E-state index in [-0.39, 0.29) is 17.7 Å². The Morgan fingerprint density at radius 3 is 2.38 bits per heavy atom. The number of hydrogen-bond donors (Lipinski definition) is 3. The van der Waals surface area contributed by atoms with Crippen molar-refractivity contribution in [1.29, 1.82) is 0 Å². The summed E-state index contributed by atoms with van der Waals surface area (Å²) in [7, 11) is 2.87. The van der Waals surface area contributed by atoms with Crippen molar-refractivity contribution in [2.45, 2.75) is 32.5 Å². The van der Waals surface area contributed by atoms with Gasteiger partial charge in [-0.25, -0.2) is 4.98 Å². The highest BCUT2D eigenvalue weighted by atomic mass is 19.4. The molecule has 0 aromatic carbocycles. The number of aromatic nitrogens is 4. The highest BCUT2D eigenvalue weighted by Gasteiger charge is 2.35. The highest BCUT2D eigenvalue weighted by Crippen LogP contribution is 2.34. The molecule has 0 aliphatic carbocycles. The minimum Gasteiger partial charge on any atom is -0.372 e. The third-order valence-electron chi connectivity index (χ3n) is 3.90. The number of carbonyl (C=O) groups is 1. The first-order valence-electron chi connectivity index (χ1n) is 7.68. The standard InChI is InChI=1S/C15H20F3N7O/c1-8-10(7-22-25(8)14(2,3)12(26)20-5)23-13-21-6-9(15(16,17)18)11(19-4)24-13/h6-7H,1-5H3,(H,20,26)(H2,19,21,23,24). The molecule has 2 aromatic rings. The van der Waals surface area contributed by atoms with Gasteiger partial charge in [0.15, 0.2) is 0 Å². The van der Waals surface area contributed by atoms with E-state index in [2.05, 4.69) is 31.0 Å². The molecule has 0 aliphatic rings. The van der Waals surface area contributed by atoms with Crippen molar-refractivity contribution in [2.24, 2.45) is 0 Å². The number of halogens is 3. The molecule has 0 fully saturated rings. The van der Waals surface area contributed by atoms with Gasteiger partial charge in [0.1, 0.15) is 16.9 Å². The maximum absolute atomic E-state index is 12.9. The van der Waals surface area contributed by atoms with E-state index in [9.17, 15) is 18.0 Å². The van der Waals surface area contributed by atoms with Crippen LogP contribution in [0.25, 0.3) is 0 Å². The predicted molar refractivity (Wildman–Crippen MR) is 90.2 cm³/mol. The molecule has 0 saturated carbocycles. The van der Waals surface area contributed by atoms with Crippen molar-refractivity contribution in [3.8, 4) is 0 Å². The Bertz CT molecular complexity index is 814. The van der Waals surface area contributed by atoms with Gasteiger partial charge in [-0.2, -0.15) is 23.3 Å². The van der Waals surface area contributed by atoms with Crippen molar-refractivity contribution in [3.05, 3.63) is 23.7 Å². The maximum Gasteiger partial charge on any atom is 0.421 e. The zero-order valence-corrected chi connectivity index (χ0v) is 15.0. The summed E-state index contributed by atoms with van der Waals surface area (Å²) < 4.78 is 40.2. The summed E-state index contributed by atoms with van der Waals surface area (Å²) in [5.74, 6) is -0.605. The summed E-state index contributed by atoms with van der Waals surface area (Å²) in [5.41, 5.74) is -0.828.